The van der Waals surface area contributed by atoms with Crippen LogP contribution in [-0.4, -0.2) is 33.2 Å². The predicted octanol–water partition coefficient (Wildman–Crippen LogP) is 5.06. The summed E-state index contributed by atoms with van der Waals surface area (Å²) in [7, 11) is 1.79. The average Bonchev–Trinajstić information content (AvgIpc) is 3.25. The first-order valence-corrected chi connectivity index (χ1v) is 12.0. The monoisotopic (exact) mass is 461 g/mol. The van der Waals surface area contributed by atoms with Gasteiger partial charge in [-0.3, -0.25) is 14.2 Å². The normalized spacial score (nSPS) is 10.9. The number of rotatable bonds is 8. The third kappa shape index (κ3) is 4.69. The van der Waals surface area contributed by atoms with E-state index in [0.717, 1.165) is 16.7 Å². The molecule has 0 saturated heterocycles. The van der Waals surface area contributed by atoms with Gasteiger partial charge in [0.15, 0.2) is 5.16 Å². The lowest BCUT2D eigenvalue weighted by Gasteiger charge is -2.17. The number of nitrogens with zero attached hydrogens (tertiary/aromatic N) is 3. The van der Waals surface area contributed by atoms with Crippen LogP contribution in [0.2, 0.25) is 0 Å². The second-order valence-corrected chi connectivity index (χ2v) is 9.12. The lowest BCUT2D eigenvalue weighted by atomic mass is 10.1. The summed E-state index contributed by atoms with van der Waals surface area (Å²) < 4.78 is 1.60. The van der Waals surface area contributed by atoms with Gasteiger partial charge in [-0.25, -0.2) is 4.98 Å². The molecule has 1 amide bonds. The number of aromatic nitrogens is 2. The summed E-state index contributed by atoms with van der Waals surface area (Å²) in [5, 5.41) is 3.12. The van der Waals surface area contributed by atoms with E-state index in [-0.39, 0.29) is 17.2 Å². The Morgan fingerprint density at radius 2 is 1.84 bits per heavy atom. The molecule has 2 aromatic carbocycles. The Bertz CT molecular complexity index is 1300. The van der Waals surface area contributed by atoms with Crippen molar-refractivity contribution >= 4 is 39.2 Å². The Labute approximate surface area is 195 Å². The fraction of sp³-hybridized carbons (Fsp3) is 0.160. The Morgan fingerprint density at radius 1 is 1.16 bits per heavy atom. The standard InChI is InChI=1S/C25H23N3O2S2/c1-3-14-28-24(30)22-20(19-12-8-5-9-13-19)16-31-23(22)26-25(28)32-17-21(29)27(2)15-18-10-6-4-7-11-18/h3-13,16H,1,14-15,17H2,2H3. The highest BCUT2D eigenvalue weighted by Gasteiger charge is 2.18. The summed E-state index contributed by atoms with van der Waals surface area (Å²) in [4.78, 5) is 33.2. The Kier molecular flexibility index (Phi) is 6.87. The zero-order chi connectivity index (χ0) is 22.5. The minimum absolute atomic E-state index is 0.0190. The van der Waals surface area contributed by atoms with Crippen LogP contribution >= 0.6 is 23.1 Å². The maximum atomic E-state index is 13.4. The summed E-state index contributed by atoms with van der Waals surface area (Å²) in [5.74, 6) is 0.185. The number of hydrogen-bond donors (Lipinski definition) is 0. The van der Waals surface area contributed by atoms with E-state index in [2.05, 4.69) is 6.58 Å². The van der Waals surface area contributed by atoms with Crippen LogP contribution in [0, 0.1) is 0 Å². The van der Waals surface area contributed by atoms with Crippen molar-refractivity contribution in [3.63, 3.8) is 0 Å². The van der Waals surface area contributed by atoms with E-state index in [1.807, 2.05) is 66.0 Å². The molecule has 0 unspecified atom stereocenters. The summed E-state index contributed by atoms with van der Waals surface area (Å²) >= 11 is 2.73. The van der Waals surface area contributed by atoms with E-state index in [1.165, 1.54) is 23.1 Å². The number of carbonyl (C=O) groups is 1. The van der Waals surface area contributed by atoms with Gasteiger partial charge >= 0.3 is 0 Å². The van der Waals surface area contributed by atoms with Gasteiger partial charge < -0.3 is 4.90 Å². The smallest absolute Gasteiger partial charge is 0.263 e. The van der Waals surface area contributed by atoms with Crippen molar-refractivity contribution in [1.29, 1.82) is 0 Å². The van der Waals surface area contributed by atoms with Crippen LogP contribution in [0.15, 0.2) is 88.6 Å². The van der Waals surface area contributed by atoms with Crippen molar-refractivity contribution in [2.45, 2.75) is 18.2 Å². The first-order chi connectivity index (χ1) is 15.6. The Balaban J connectivity index is 1.60. The molecule has 32 heavy (non-hydrogen) atoms. The van der Waals surface area contributed by atoms with Gasteiger partial charge in [-0.05, 0) is 11.1 Å². The molecule has 0 aliphatic rings. The number of amides is 1. The van der Waals surface area contributed by atoms with Crippen LogP contribution in [0.4, 0.5) is 0 Å². The molecule has 0 spiro atoms. The summed E-state index contributed by atoms with van der Waals surface area (Å²) in [6.07, 6.45) is 1.68. The minimum atomic E-state index is -0.109. The van der Waals surface area contributed by atoms with Gasteiger partial charge in [-0.1, -0.05) is 78.5 Å². The molecular weight excluding hydrogens is 438 g/mol. The van der Waals surface area contributed by atoms with Gasteiger partial charge in [0.05, 0.1) is 11.1 Å². The second-order valence-electron chi connectivity index (χ2n) is 7.32. The zero-order valence-corrected chi connectivity index (χ0v) is 19.4. The first-order valence-electron chi connectivity index (χ1n) is 10.2. The fourth-order valence-electron chi connectivity index (χ4n) is 3.42. The van der Waals surface area contributed by atoms with E-state index in [1.54, 1.807) is 22.6 Å². The van der Waals surface area contributed by atoms with E-state index < -0.39 is 0 Å². The van der Waals surface area contributed by atoms with Crippen molar-refractivity contribution < 1.29 is 4.79 Å². The van der Waals surface area contributed by atoms with Gasteiger partial charge in [0.1, 0.15) is 4.83 Å². The average molecular weight is 462 g/mol. The van der Waals surface area contributed by atoms with Gasteiger partial charge in [0.2, 0.25) is 5.91 Å². The summed E-state index contributed by atoms with van der Waals surface area (Å²) in [6, 6.07) is 19.7. The van der Waals surface area contributed by atoms with Crippen molar-refractivity contribution in [2.75, 3.05) is 12.8 Å². The largest absolute Gasteiger partial charge is 0.341 e. The van der Waals surface area contributed by atoms with Crippen molar-refractivity contribution in [1.82, 2.24) is 14.5 Å². The molecule has 0 saturated carbocycles. The molecule has 2 aromatic heterocycles. The van der Waals surface area contributed by atoms with Gasteiger partial charge in [-0.15, -0.1) is 17.9 Å². The number of thiophene rings is 1. The highest BCUT2D eigenvalue weighted by molar-refractivity contribution is 7.99. The molecule has 2 heterocycles. The minimum Gasteiger partial charge on any atom is -0.341 e. The van der Waals surface area contributed by atoms with Gasteiger partial charge in [0.25, 0.3) is 5.56 Å². The lowest BCUT2D eigenvalue weighted by Crippen LogP contribution is -2.28. The first kappa shape index (κ1) is 22.0. The molecule has 0 fully saturated rings. The number of allylic oxidation sites excluding steroid dienone is 1. The fourth-order valence-corrected chi connectivity index (χ4v) is 5.36. The van der Waals surface area contributed by atoms with Crippen LogP contribution in [0.5, 0.6) is 0 Å². The van der Waals surface area contributed by atoms with Crippen LogP contribution in [0.3, 0.4) is 0 Å². The molecule has 0 atom stereocenters. The Hall–Kier alpha value is -3.16. The number of carbonyl (C=O) groups excluding carboxylic acids is 1. The number of thioether (sulfide) groups is 1. The van der Waals surface area contributed by atoms with Gasteiger partial charge in [0, 0.05) is 31.1 Å². The Morgan fingerprint density at radius 3 is 2.53 bits per heavy atom. The molecule has 0 aliphatic carbocycles. The second kappa shape index (κ2) is 9.97. The molecule has 162 valence electrons. The van der Waals surface area contributed by atoms with Crippen LogP contribution in [-0.2, 0) is 17.9 Å². The zero-order valence-electron chi connectivity index (χ0n) is 17.7. The molecule has 0 aliphatic heterocycles. The molecule has 0 N–H and O–H groups in total. The highest BCUT2D eigenvalue weighted by Crippen LogP contribution is 2.32. The lowest BCUT2D eigenvalue weighted by molar-refractivity contribution is -0.127. The molecule has 7 heteroatoms. The SMILES string of the molecule is C=CCn1c(SCC(=O)N(C)Cc2ccccc2)nc2scc(-c3ccccc3)c2c1=O. The summed E-state index contributed by atoms with van der Waals surface area (Å²) in [5.41, 5.74) is 2.84. The molecule has 5 nitrogen and oxygen atoms in total. The van der Waals surface area contributed by atoms with E-state index in [4.69, 9.17) is 4.98 Å². The summed E-state index contributed by atoms with van der Waals surface area (Å²) in [6.45, 7) is 4.66. The number of fused-ring (bicyclic) bond motifs is 1. The number of hydrogen-bond acceptors (Lipinski definition) is 5. The quantitative estimate of drug-likeness (QED) is 0.209. The van der Waals surface area contributed by atoms with Crippen molar-refractivity contribution in [2.24, 2.45) is 0 Å². The van der Waals surface area contributed by atoms with E-state index in [9.17, 15) is 9.59 Å². The van der Waals surface area contributed by atoms with Crippen molar-refractivity contribution in [3.8, 4) is 11.1 Å². The molecule has 4 rings (SSSR count). The van der Waals surface area contributed by atoms with Crippen molar-refractivity contribution in [3.05, 3.63) is 94.6 Å². The highest BCUT2D eigenvalue weighted by atomic mass is 32.2. The molecule has 0 radical (unpaired) electrons. The van der Waals surface area contributed by atoms with Gasteiger partial charge in [-0.2, -0.15) is 0 Å². The number of benzene rings is 2. The third-order valence-electron chi connectivity index (χ3n) is 5.07. The van der Waals surface area contributed by atoms with Crippen LogP contribution in [0.1, 0.15) is 5.56 Å². The topological polar surface area (TPSA) is 55.2 Å². The molecule has 0 bridgehead atoms. The van der Waals surface area contributed by atoms with E-state index in [0.29, 0.717) is 28.5 Å². The predicted molar refractivity (Wildman–Crippen MR) is 133 cm³/mol. The van der Waals surface area contributed by atoms with Crippen LogP contribution < -0.4 is 5.56 Å². The molecule has 4 aromatic rings. The van der Waals surface area contributed by atoms with E-state index >= 15 is 0 Å². The molecular formula is C25H23N3O2S2. The maximum Gasteiger partial charge on any atom is 0.263 e. The maximum absolute atomic E-state index is 13.4. The third-order valence-corrected chi connectivity index (χ3v) is 6.90. The van der Waals surface area contributed by atoms with Crippen LogP contribution in [0.25, 0.3) is 21.3 Å².